The van der Waals surface area contributed by atoms with Gasteiger partial charge in [0.25, 0.3) is 0 Å². The molecule has 1 aliphatic carbocycles. The molecule has 0 saturated heterocycles. The number of aryl methyl sites for hydroxylation is 1. The van der Waals surface area contributed by atoms with Gasteiger partial charge < -0.3 is 19.3 Å². The zero-order chi connectivity index (χ0) is 20.6. The third-order valence-electron chi connectivity index (χ3n) is 4.65. The first-order valence-corrected chi connectivity index (χ1v) is 9.89. The van der Waals surface area contributed by atoms with E-state index in [1.54, 1.807) is 12.0 Å². The van der Waals surface area contributed by atoms with Crippen LogP contribution in [0.3, 0.4) is 0 Å². The summed E-state index contributed by atoms with van der Waals surface area (Å²) in [6.45, 7) is 0.494. The van der Waals surface area contributed by atoms with E-state index < -0.39 is 0 Å². The van der Waals surface area contributed by atoms with Crippen molar-refractivity contribution in [2.45, 2.75) is 31.7 Å². The number of allylic oxidation sites excluding steroid dienone is 2. The van der Waals surface area contributed by atoms with E-state index in [4.69, 9.17) is 26.0 Å². The van der Waals surface area contributed by atoms with Crippen LogP contribution in [-0.4, -0.2) is 52.4 Å². The number of carbonyl (C=O) groups excluding carboxylic acids is 1. The maximum absolute atomic E-state index is 12.8. The van der Waals surface area contributed by atoms with Crippen molar-refractivity contribution < 1.29 is 19.2 Å². The molecule has 7 nitrogen and oxygen atoms in total. The van der Waals surface area contributed by atoms with Crippen LogP contribution in [0.1, 0.15) is 25.2 Å². The molecular weight excluding hydrogens is 394 g/mol. The van der Waals surface area contributed by atoms with Crippen LogP contribution in [0.4, 0.5) is 0 Å². The number of amides is 1. The van der Waals surface area contributed by atoms with E-state index in [0.717, 1.165) is 11.3 Å². The average molecular weight is 418 g/mol. The number of rotatable bonds is 9. The van der Waals surface area contributed by atoms with Gasteiger partial charge in [-0.15, -0.1) is 0 Å². The largest absolute Gasteiger partial charge is 0.497 e. The molecule has 1 aromatic heterocycles. The van der Waals surface area contributed by atoms with E-state index in [1.807, 2.05) is 42.5 Å². The molecular formula is C21H24ClN3O4. The highest BCUT2D eigenvalue weighted by Crippen LogP contribution is 2.22. The van der Waals surface area contributed by atoms with Crippen LogP contribution in [0.2, 0.25) is 0 Å². The minimum absolute atomic E-state index is 0.0265. The number of carbonyl (C=O) groups is 1. The van der Waals surface area contributed by atoms with Gasteiger partial charge in [0.2, 0.25) is 17.6 Å². The molecule has 0 aliphatic heterocycles. The predicted octanol–water partition coefficient (Wildman–Crippen LogP) is 3.34. The summed E-state index contributed by atoms with van der Waals surface area (Å²) >= 11 is 6.09. The fourth-order valence-electron chi connectivity index (χ4n) is 3.13. The molecule has 1 heterocycles. The second-order valence-electron chi connectivity index (χ2n) is 6.66. The zero-order valence-corrected chi connectivity index (χ0v) is 17.0. The number of methoxy groups -OCH3 is 1. The van der Waals surface area contributed by atoms with Crippen molar-refractivity contribution in [1.82, 2.24) is 15.0 Å². The predicted molar refractivity (Wildman–Crippen MR) is 110 cm³/mol. The second-order valence-corrected chi connectivity index (χ2v) is 7.10. The summed E-state index contributed by atoms with van der Waals surface area (Å²) < 4.78 is 10.4. The lowest BCUT2D eigenvalue weighted by Crippen LogP contribution is -2.40. The number of aliphatic hydroxyl groups excluding tert-OH is 1. The smallest absolute Gasteiger partial charge is 0.227 e. The third kappa shape index (κ3) is 5.68. The van der Waals surface area contributed by atoms with E-state index in [-0.39, 0.29) is 25.0 Å². The Labute approximate surface area is 174 Å². The van der Waals surface area contributed by atoms with Gasteiger partial charge in [-0.05, 0) is 49.3 Å². The Hall–Kier alpha value is -2.64. The highest BCUT2D eigenvalue weighted by Gasteiger charge is 2.23. The van der Waals surface area contributed by atoms with Crippen molar-refractivity contribution in [3.05, 3.63) is 53.4 Å². The lowest BCUT2D eigenvalue weighted by atomic mass is 10.1. The molecule has 1 amide bonds. The maximum Gasteiger partial charge on any atom is 0.227 e. The number of aliphatic hydroxyl groups is 1. The quantitative estimate of drug-likeness (QED) is 0.673. The lowest BCUT2D eigenvalue weighted by molar-refractivity contribution is -0.132. The summed E-state index contributed by atoms with van der Waals surface area (Å²) in [5, 5.41) is 13.8. The normalized spacial score (nSPS) is 15.8. The monoisotopic (exact) mass is 417 g/mol. The molecule has 1 unspecified atom stereocenters. The molecule has 8 heteroatoms. The molecule has 0 spiro atoms. The number of ether oxygens (including phenoxy) is 1. The molecule has 1 aliphatic rings. The zero-order valence-electron chi connectivity index (χ0n) is 16.3. The van der Waals surface area contributed by atoms with Gasteiger partial charge in [0.1, 0.15) is 5.75 Å². The molecule has 3 rings (SSSR count). The Morgan fingerprint density at radius 1 is 1.38 bits per heavy atom. The van der Waals surface area contributed by atoms with Crippen molar-refractivity contribution in [2.24, 2.45) is 0 Å². The van der Waals surface area contributed by atoms with Gasteiger partial charge in [0, 0.05) is 36.6 Å². The minimum Gasteiger partial charge on any atom is -0.497 e. The Balaban J connectivity index is 1.62. The number of hydrogen-bond donors (Lipinski definition) is 1. The molecule has 2 aromatic rings. The van der Waals surface area contributed by atoms with E-state index in [9.17, 15) is 4.79 Å². The van der Waals surface area contributed by atoms with Gasteiger partial charge in [0.15, 0.2) is 0 Å². The third-order valence-corrected chi connectivity index (χ3v) is 4.91. The van der Waals surface area contributed by atoms with E-state index in [1.165, 1.54) is 0 Å². The number of hydrogen-bond acceptors (Lipinski definition) is 6. The van der Waals surface area contributed by atoms with Crippen LogP contribution in [0.25, 0.3) is 11.4 Å². The molecule has 1 aromatic carbocycles. The number of nitrogens with zero attached hydrogens (tertiary/aromatic N) is 3. The highest BCUT2D eigenvalue weighted by molar-refractivity contribution is 6.31. The Kier molecular flexibility index (Phi) is 7.43. The Morgan fingerprint density at radius 3 is 2.86 bits per heavy atom. The van der Waals surface area contributed by atoms with E-state index in [2.05, 4.69) is 10.1 Å². The molecule has 0 radical (unpaired) electrons. The average Bonchev–Trinajstić information content (AvgIpc) is 3.22. The van der Waals surface area contributed by atoms with Gasteiger partial charge in [-0.25, -0.2) is 0 Å². The number of aromatic nitrogens is 2. The summed E-state index contributed by atoms with van der Waals surface area (Å²) in [7, 11) is 1.61. The van der Waals surface area contributed by atoms with Crippen molar-refractivity contribution in [3.63, 3.8) is 0 Å². The van der Waals surface area contributed by atoms with Crippen LogP contribution in [0.5, 0.6) is 5.75 Å². The standard InChI is InChI=1S/C21H24ClN3O4/c1-28-18-8-6-15(7-9-18)21-23-19(29-24-21)10-11-20(27)25(12-3-13-26)17-5-2-4-16(22)14-17/h2,4,6-9,14,17,26H,3,5,10-13H2,1H3. The fourth-order valence-corrected chi connectivity index (χ4v) is 3.37. The van der Waals surface area contributed by atoms with E-state index in [0.29, 0.717) is 42.6 Å². The Morgan fingerprint density at radius 2 is 2.17 bits per heavy atom. The molecule has 154 valence electrons. The summed E-state index contributed by atoms with van der Waals surface area (Å²) in [5.74, 6) is 1.59. The lowest BCUT2D eigenvalue weighted by Gasteiger charge is -2.30. The van der Waals surface area contributed by atoms with Crippen LogP contribution in [-0.2, 0) is 11.2 Å². The van der Waals surface area contributed by atoms with Crippen molar-refractivity contribution in [1.29, 1.82) is 0 Å². The molecule has 1 N–H and O–H groups in total. The van der Waals surface area contributed by atoms with Gasteiger partial charge in [-0.1, -0.05) is 22.8 Å². The molecule has 0 fully saturated rings. The topological polar surface area (TPSA) is 88.7 Å². The van der Waals surface area contributed by atoms with E-state index >= 15 is 0 Å². The van der Waals surface area contributed by atoms with Gasteiger partial charge in [-0.3, -0.25) is 4.79 Å². The van der Waals surface area contributed by atoms with Gasteiger partial charge >= 0.3 is 0 Å². The highest BCUT2D eigenvalue weighted by atomic mass is 35.5. The first-order valence-electron chi connectivity index (χ1n) is 9.52. The van der Waals surface area contributed by atoms with Crippen LogP contribution in [0.15, 0.2) is 52.0 Å². The summed E-state index contributed by atoms with van der Waals surface area (Å²) in [6, 6.07) is 7.24. The first-order chi connectivity index (χ1) is 14.1. The van der Waals surface area contributed by atoms with Crippen LogP contribution < -0.4 is 4.74 Å². The van der Waals surface area contributed by atoms with Gasteiger partial charge in [0.05, 0.1) is 13.2 Å². The van der Waals surface area contributed by atoms with Crippen molar-refractivity contribution in [3.8, 4) is 17.1 Å². The molecule has 0 saturated carbocycles. The summed E-state index contributed by atoms with van der Waals surface area (Å²) in [4.78, 5) is 19.0. The van der Waals surface area contributed by atoms with Crippen LogP contribution in [0, 0.1) is 0 Å². The van der Waals surface area contributed by atoms with Crippen molar-refractivity contribution in [2.75, 3.05) is 20.3 Å². The van der Waals surface area contributed by atoms with Crippen LogP contribution >= 0.6 is 11.6 Å². The molecule has 1 atom stereocenters. The van der Waals surface area contributed by atoms with Gasteiger partial charge in [-0.2, -0.15) is 4.98 Å². The fraction of sp³-hybridized carbons (Fsp3) is 0.381. The SMILES string of the molecule is COc1ccc(-c2noc(CCC(=O)N(CCCO)C3C=C(Cl)C=CC3)n2)cc1. The second kappa shape index (κ2) is 10.2. The first kappa shape index (κ1) is 21.1. The van der Waals surface area contributed by atoms with Crippen molar-refractivity contribution >= 4 is 17.5 Å². The summed E-state index contributed by atoms with van der Waals surface area (Å²) in [5.41, 5.74) is 0.811. The number of halogens is 1. The minimum atomic E-state index is -0.107. The maximum atomic E-state index is 12.8. The summed E-state index contributed by atoms with van der Waals surface area (Å²) in [6.07, 6.45) is 7.44. The molecule has 0 bridgehead atoms. The number of benzene rings is 1. The Bertz CT molecular complexity index is 876. The molecule has 29 heavy (non-hydrogen) atoms.